The summed E-state index contributed by atoms with van der Waals surface area (Å²) >= 11 is 0. The highest BCUT2D eigenvalue weighted by Gasteiger charge is 2.12. The van der Waals surface area contributed by atoms with Crippen LogP contribution in [0.4, 0.5) is 4.79 Å². The fourth-order valence-corrected chi connectivity index (χ4v) is 2.63. The van der Waals surface area contributed by atoms with Gasteiger partial charge in [-0.05, 0) is 63.9 Å². The largest absolute Gasteiger partial charge is 0.497 e. The van der Waals surface area contributed by atoms with Crippen LogP contribution in [0.15, 0.2) is 24.3 Å². The highest BCUT2D eigenvalue weighted by atomic mass is 16.5. The SMILES string of the molecule is COc1ccc(C)cc1.O=C(O)NCC1CCNCC1.OC1CCNC1. The van der Waals surface area contributed by atoms with Crippen LogP contribution in [0.2, 0.25) is 0 Å². The van der Waals surface area contributed by atoms with Gasteiger partial charge in [0, 0.05) is 13.1 Å². The smallest absolute Gasteiger partial charge is 0.404 e. The predicted molar refractivity (Wildman–Crippen MR) is 103 cm³/mol. The standard InChI is InChI=1S/C8H10O.C7H14N2O2.C4H9NO/c1-7-3-5-8(9-2)6-4-7;10-7(11)9-5-6-1-3-8-4-2-6;6-4-1-2-5-3-4/h3-6H,1-2H3;6,8-9H,1-5H2,(H,10,11);4-6H,1-3H2. The molecule has 2 aliphatic rings. The number of piperidine rings is 1. The number of hydrogen-bond donors (Lipinski definition) is 5. The summed E-state index contributed by atoms with van der Waals surface area (Å²) in [4.78, 5) is 10.1. The second-order valence-corrected chi connectivity index (χ2v) is 6.54. The van der Waals surface area contributed by atoms with Crippen molar-refractivity contribution in [3.63, 3.8) is 0 Å². The number of benzene rings is 1. The number of ether oxygens (including phenoxy) is 1. The van der Waals surface area contributed by atoms with Crippen molar-refractivity contribution in [3.05, 3.63) is 29.8 Å². The van der Waals surface area contributed by atoms with Crippen LogP contribution in [-0.4, -0.2) is 62.2 Å². The lowest BCUT2D eigenvalue weighted by molar-refractivity contribution is 0.190. The Labute approximate surface area is 156 Å². The fraction of sp³-hybridized carbons (Fsp3) is 0.632. The van der Waals surface area contributed by atoms with Crippen LogP contribution in [0.5, 0.6) is 5.75 Å². The molecule has 3 rings (SSSR count). The number of aliphatic hydroxyl groups is 1. The zero-order valence-electron chi connectivity index (χ0n) is 15.8. The van der Waals surface area contributed by atoms with Crippen LogP contribution in [0.3, 0.4) is 0 Å². The average Bonchev–Trinajstić information content (AvgIpc) is 3.14. The van der Waals surface area contributed by atoms with E-state index in [1.165, 1.54) is 5.56 Å². The van der Waals surface area contributed by atoms with Crippen molar-refractivity contribution in [1.82, 2.24) is 16.0 Å². The summed E-state index contributed by atoms with van der Waals surface area (Å²) < 4.78 is 4.97. The summed E-state index contributed by atoms with van der Waals surface area (Å²) in [7, 11) is 1.67. The van der Waals surface area contributed by atoms with Crippen molar-refractivity contribution in [2.24, 2.45) is 5.92 Å². The molecule has 0 radical (unpaired) electrons. The van der Waals surface area contributed by atoms with Crippen LogP contribution in [0.25, 0.3) is 0 Å². The molecule has 7 heteroatoms. The Morgan fingerprint density at radius 1 is 1.15 bits per heavy atom. The van der Waals surface area contributed by atoms with Crippen molar-refractivity contribution in [2.45, 2.75) is 32.3 Å². The maximum absolute atomic E-state index is 10.1. The van der Waals surface area contributed by atoms with E-state index >= 15 is 0 Å². The molecule has 0 aromatic heterocycles. The summed E-state index contributed by atoms with van der Waals surface area (Å²) in [6, 6.07) is 7.96. The number of amides is 1. The van der Waals surface area contributed by atoms with Gasteiger partial charge in [-0.15, -0.1) is 0 Å². The Morgan fingerprint density at radius 3 is 2.19 bits per heavy atom. The van der Waals surface area contributed by atoms with Crippen molar-refractivity contribution in [1.29, 1.82) is 0 Å². The normalized spacial score (nSPS) is 19.4. The molecule has 1 unspecified atom stereocenters. The summed E-state index contributed by atoms with van der Waals surface area (Å²) in [5.41, 5.74) is 1.26. The van der Waals surface area contributed by atoms with E-state index in [2.05, 4.69) is 22.9 Å². The Balaban J connectivity index is 0.000000203. The number of carbonyl (C=O) groups is 1. The van der Waals surface area contributed by atoms with Crippen LogP contribution in [-0.2, 0) is 0 Å². The third-order valence-electron chi connectivity index (χ3n) is 4.29. The molecule has 0 saturated carbocycles. The van der Waals surface area contributed by atoms with Gasteiger partial charge in [0.2, 0.25) is 0 Å². The Kier molecular flexibility index (Phi) is 11.4. The quantitative estimate of drug-likeness (QED) is 0.556. The van der Waals surface area contributed by atoms with Crippen LogP contribution < -0.4 is 20.7 Å². The summed E-state index contributed by atoms with van der Waals surface area (Å²) in [6.07, 6.45) is 2.12. The molecule has 2 saturated heterocycles. The molecule has 1 atom stereocenters. The van der Waals surface area contributed by atoms with Gasteiger partial charge < -0.3 is 30.9 Å². The van der Waals surface area contributed by atoms with E-state index in [9.17, 15) is 4.79 Å². The second-order valence-electron chi connectivity index (χ2n) is 6.54. The maximum Gasteiger partial charge on any atom is 0.404 e. The first-order valence-corrected chi connectivity index (χ1v) is 9.18. The number of rotatable bonds is 3. The minimum Gasteiger partial charge on any atom is -0.497 e. The van der Waals surface area contributed by atoms with Gasteiger partial charge in [-0.3, -0.25) is 0 Å². The van der Waals surface area contributed by atoms with Crippen LogP contribution >= 0.6 is 0 Å². The Morgan fingerprint density at radius 2 is 1.77 bits per heavy atom. The van der Waals surface area contributed by atoms with E-state index in [4.69, 9.17) is 14.9 Å². The molecule has 2 fully saturated rings. The first-order chi connectivity index (χ1) is 12.5. The third-order valence-corrected chi connectivity index (χ3v) is 4.29. The molecule has 1 aromatic rings. The van der Waals surface area contributed by atoms with Gasteiger partial charge >= 0.3 is 6.09 Å². The molecule has 1 aromatic carbocycles. The summed E-state index contributed by atoms with van der Waals surface area (Å²) in [5.74, 6) is 1.45. The van der Waals surface area contributed by atoms with Crippen molar-refractivity contribution in [2.75, 3.05) is 39.8 Å². The van der Waals surface area contributed by atoms with Crippen molar-refractivity contribution >= 4 is 6.09 Å². The highest BCUT2D eigenvalue weighted by Crippen LogP contribution is 2.10. The van der Waals surface area contributed by atoms with E-state index in [0.29, 0.717) is 12.5 Å². The number of nitrogens with one attached hydrogen (secondary N) is 3. The lowest BCUT2D eigenvalue weighted by Gasteiger charge is -2.21. The molecule has 2 heterocycles. The van der Waals surface area contributed by atoms with Crippen LogP contribution in [0.1, 0.15) is 24.8 Å². The number of β-amino-alcohol motifs (C(OH)–C–C–N with tert-alkyl or cyclic N) is 1. The highest BCUT2D eigenvalue weighted by molar-refractivity contribution is 5.64. The molecule has 26 heavy (non-hydrogen) atoms. The van der Waals surface area contributed by atoms with Gasteiger partial charge in [0.05, 0.1) is 13.2 Å². The molecule has 5 N–H and O–H groups in total. The number of carboxylic acid groups (broad SMARTS) is 1. The number of aryl methyl sites for hydroxylation is 1. The lowest BCUT2D eigenvalue weighted by atomic mass is 9.98. The zero-order chi connectivity index (χ0) is 19.2. The predicted octanol–water partition coefficient (Wildman–Crippen LogP) is 1.60. The third kappa shape index (κ3) is 10.9. The van der Waals surface area contributed by atoms with E-state index < -0.39 is 6.09 Å². The van der Waals surface area contributed by atoms with Gasteiger partial charge in [0.1, 0.15) is 5.75 Å². The molecular weight excluding hydrogens is 334 g/mol. The number of methoxy groups -OCH3 is 1. The fourth-order valence-electron chi connectivity index (χ4n) is 2.63. The molecular formula is C19H33N3O4. The first-order valence-electron chi connectivity index (χ1n) is 9.18. The molecule has 0 aliphatic carbocycles. The minimum absolute atomic E-state index is 0.0648. The summed E-state index contributed by atoms with van der Waals surface area (Å²) in [5, 5.41) is 25.6. The van der Waals surface area contributed by atoms with Gasteiger partial charge in [-0.2, -0.15) is 0 Å². The topological polar surface area (TPSA) is 103 Å². The molecule has 7 nitrogen and oxygen atoms in total. The monoisotopic (exact) mass is 367 g/mol. The van der Waals surface area contributed by atoms with Crippen molar-refractivity contribution in [3.8, 4) is 5.75 Å². The van der Waals surface area contributed by atoms with E-state index in [0.717, 1.165) is 51.2 Å². The summed E-state index contributed by atoms with van der Waals surface area (Å²) in [6.45, 7) is 6.48. The van der Waals surface area contributed by atoms with Crippen LogP contribution in [0, 0.1) is 12.8 Å². The van der Waals surface area contributed by atoms with E-state index in [1.807, 2.05) is 24.3 Å². The Bertz CT molecular complexity index is 484. The number of hydrogen-bond acceptors (Lipinski definition) is 5. The minimum atomic E-state index is -0.913. The molecule has 2 aliphatic heterocycles. The molecule has 1 amide bonds. The molecule has 148 valence electrons. The van der Waals surface area contributed by atoms with Gasteiger partial charge in [-0.1, -0.05) is 17.7 Å². The first kappa shape index (κ1) is 22.2. The average molecular weight is 367 g/mol. The van der Waals surface area contributed by atoms with Gasteiger partial charge in [-0.25, -0.2) is 4.79 Å². The molecule has 0 bridgehead atoms. The van der Waals surface area contributed by atoms with E-state index in [-0.39, 0.29) is 6.10 Å². The lowest BCUT2D eigenvalue weighted by Crippen LogP contribution is -2.35. The van der Waals surface area contributed by atoms with E-state index in [1.54, 1.807) is 7.11 Å². The Hall–Kier alpha value is -1.83. The second kappa shape index (κ2) is 13.4. The zero-order valence-corrected chi connectivity index (χ0v) is 15.8. The maximum atomic E-state index is 10.1. The van der Waals surface area contributed by atoms with Gasteiger partial charge in [0.25, 0.3) is 0 Å². The number of aliphatic hydroxyl groups excluding tert-OH is 1. The molecule has 0 spiro atoms. The van der Waals surface area contributed by atoms with Crippen molar-refractivity contribution < 1.29 is 19.7 Å². The van der Waals surface area contributed by atoms with Gasteiger partial charge in [0.15, 0.2) is 0 Å².